The second-order valence-electron chi connectivity index (χ2n) is 4.66. The summed E-state index contributed by atoms with van der Waals surface area (Å²) in [4.78, 5) is 31.6. The number of halogens is 3. The van der Waals surface area contributed by atoms with Crippen LogP contribution < -0.4 is 10.6 Å². The standard InChI is InChI=1S/C13H14F3N3O5/c14-13(15,16)8-1-2-9(10(7-8)19(23)24)17-5-3-11(20)18-6-4-12(21)22/h1-2,7,17H,3-6H2,(H,18,20)(H,21,22). The maximum atomic E-state index is 12.6. The highest BCUT2D eigenvalue weighted by atomic mass is 19.4. The van der Waals surface area contributed by atoms with Gasteiger partial charge in [0.2, 0.25) is 5.91 Å². The number of carbonyl (C=O) groups is 2. The zero-order chi connectivity index (χ0) is 18.3. The Kier molecular flexibility index (Phi) is 6.50. The molecule has 0 unspecified atom stereocenters. The topological polar surface area (TPSA) is 122 Å². The number of benzene rings is 1. The predicted octanol–water partition coefficient (Wildman–Crippen LogP) is 2.01. The highest BCUT2D eigenvalue weighted by Gasteiger charge is 2.33. The zero-order valence-electron chi connectivity index (χ0n) is 12.2. The molecule has 24 heavy (non-hydrogen) atoms. The fourth-order valence-electron chi connectivity index (χ4n) is 1.72. The summed E-state index contributed by atoms with van der Waals surface area (Å²) in [5.41, 5.74) is -2.05. The molecule has 0 saturated heterocycles. The molecule has 0 aliphatic carbocycles. The van der Waals surface area contributed by atoms with Crippen LogP contribution >= 0.6 is 0 Å². The highest BCUT2D eigenvalue weighted by Crippen LogP contribution is 2.34. The Morgan fingerprint density at radius 1 is 1.21 bits per heavy atom. The van der Waals surface area contributed by atoms with E-state index in [1.807, 2.05) is 0 Å². The molecule has 0 bridgehead atoms. The number of hydrogen-bond acceptors (Lipinski definition) is 5. The van der Waals surface area contributed by atoms with Gasteiger partial charge in [0.1, 0.15) is 5.69 Å². The van der Waals surface area contributed by atoms with Crippen LogP contribution in [0, 0.1) is 10.1 Å². The van der Waals surface area contributed by atoms with Crippen molar-refractivity contribution in [1.29, 1.82) is 0 Å². The van der Waals surface area contributed by atoms with Gasteiger partial charge >= 0.3 is 12.1 Å². The molecule has 1 aromatic carbocycles. The van der Waals surface area contributed by atoms with E-state index in [0.29, 0.717) is 12.1 Å². The van der Waals surface area contributed by atoms with Gasteiger partial charge in [-0.3, -0.25) is 19.7 Å². The summed E-state index contributed by atoms with van der Waals surface area (Å²) in [6.07, 6.45) is -5.07. The van der Waals surface area contributed by atoms with Gasteiger partial charge in [-0.15, -0.1) is 0 Å². The molecule has 0 fully saturated rings. The van der Waals surface area contributed by atoms with Crippen molar-refractivity contribution in [3.05, 3.63) is 33.9 Å². The Labute approximate surface area is 133 Å². The van der Waals surface area contributed by atoms with Crippen LogP contribution in [0.3, 0.4) is 0 Å². The lowest BCUT2D eigenvalue weighted by Crippen LogP contribution is -2.27. The Balaban J connectivity index is 2.63. The molecule has 8 nitrogen and oxygen atoms in total. The summed E-state index contributed by atoms with van der Waals surface area (Å²) in [6, 6.07) is 2.03. The molecule has 11 heteroatoms. The number of rotatable bonds is 8. The summed E-state index contributed by atoms with van der Waals surface area (Å²) in [7, 11) is 0. The van der Waals surface area contributed by atoms with Gasteiger partial charge in [-0.05, 0) is 12.1 Å². The third kappa shape index (κ3) is 6.10. The smallest absolute Gasteiger partial charge is 0.416 e. The SMILES string of the molecule is O=C(O)CCNC(=O)CCNc1ccc(C(F)(F)F)cc1[N+](=O)[O-]. The van der Waals surface area contributed by atoms with Gasteiger partial charge in [-0.25, -0.2) is 0 Å². The monoisotopic (exact) mass is 349 g/mol. The molecule has 132 valence electrons. The van der Waals surface area contributed by atoms with Crippen LogP contribution in [0.2, 0.25) is 0 Å². The van der Waals surface area contributed by atoms with E-state index in [1.165, 1.54) is 0 Å². The number of nitrogens with zero attached hydrogens (tertiary/aromatic N) is 1. The molecule has 0 spiro atoms. The minimum atomic E-state index is -4.70. The third-order valence-electron chi connectivity index (χ3n) is 2.85. The van der Waals surface area contributed by atoms with Gasteiger partial charge in [-0.2, -0.15) is 13.2 Å². The van der Waals surface area contributed by atoms with Crippen molar-refractivity contribution in [3.8, 4) is 0 Å². The van der Waals surface area contributed by atoms with Crippen LogP contribution in [0.15, 0.2) is 18.2 Å². The van der Waals surface area contributed by atoms with Crippen molar-refractivity contribution in [3.63, 3.8) is 0 Å². The predicted molar refractivity (Wildman–Crippen MR) is 76.5 cm³/mol. The highest BCUT2D eigenvalue weighted by molar-refractivity contribution is 5.77. The van der Waals surface area contributed by atoms with Crippen molar-refractivity contribution in [2.45, 2.75) is 19.0 Å². The first-order chi connectivity index (χ1) is 11.1. The van der Waals surface area contributed by atoms with Gasteiger partial charge in [0.05, 0.1) is 16.9 Å². The number of aliphatic carboxylic acids is 1. The molecule has 1 aromatic rings. The summed E-state index contributed by atoms with van der Waals surface area (Å²) < 4.78 is 37.7. The maximum absolute atomic E-state index is 12.6. The van der Waals surface area contributed by atoms with Crippen molar-refractivity contribution in [1.82, 2.24) is 5.32 Å². The average Bonchev–Trinajstić information content (AvgIpc) is 2.45. The Hall–Kier alpha value is -2.85. The Morgan fingerprint density at radius 2 is 1.88 bits per heavy atom. The molecule has 0 aromatic heterocycles. The zero-order valence-corrected chi connectivity index (χ0v) is 12.2. The third-order valence-corrected chi connectivity index (χ3v) is 2.85. The molecule has 0 saturated carbocycles. The second kappa shape index (κ2) is 8.13. The van der Waals surface area contributed by atoms with E-state index in [4.69, 9.17) is 5.11 Å². The number of carboxylic acids is 1. The molecule has 0 aliphatic rings. The first-order valence-corrected chi connectivity index (χ1v) is 6.69. The lowest BCUT2D eigenvalue weighted by atomic mass is 10.1. The van der Waals surface area contributed by atoms with E-state index >= 15 is 0 Å². The number of nitrogens with one attached hydrogen (secondary N) is 2. The quantitative estimate of drug-likeness (QED) is 0.487. The lowest BCUT2D eigenvalue weighted by molar-refractivity contribution is -0.384. The van der Waals surface area contributed by atoms with Crippen LogP contribution in [-0.2, 0) is 15.8 Å². The first kappa shape index (κ1) is 19.2. The Bertz CT molecular complexity index is 634. The van der Waals surface area contributed by atoms with Gasteiger partial charge in [0, 0.05) is 25.6 Å². The second-order valence-corrected chi connectivity index (χ2v) is 4.66. The minimum absolute atomic E-state index is 0.0609. The number of amides is 1. The van der Waals surface area contributed by atoms with E-state index < -0.39 is 34.2 Å². The van der Waals surface area contributed by atoms with Gasteiger partial charge in [0.25, 0.3) is 5.69 Å². The summed E-state index contributed by atoms with van der Waals surface area (Å²) >= 11 is 0. The summed E-state index contributed by atoms with van der Waals surface area (Å²) in [5.74, 6) is -1.56. The molecule has 0 atom stereocenters. The molecular weight excluding hydrogens is 335 g/mol. The van der Waals surface area contributed by atoms with E-state index in [2.05, 4.69) is 10.6 Å². The summed E-state index contributed by atoms with van der Waals surface area (Å²) in [5, 5.41) is 24.1. The fourth-order valence-corrected chi connectivity index (χ4v) is 1.72. The normalized spacial score (nSPS) is 11.0. The first-order valence-electron chi connectivity index (χ1n) is 6.69. The van der Waals surface area contributed by atoms with E-state index in [0.717, 1.165) is 6.07 Å². The van der Waals surface area contributed by atoms with Crippen LogP contribution in [0.25, 0.3) is 0 Å². The Morgan fingerprint density at radius 3 is 2.42 bits per heavy atom. The van der Waals surface area contributed by atoms with Gasteiger partial charge in [0.15, 0.2) is 0 Å². The number of nitro benzene ring substituents is 1. The number of hydrogen-bond donors (Lipinski definition) is 3. The molecule has 0 aliphatic heterocycles. The molecule has 1 amide bonds. The van der Waals surface area contributed by atoms with Gasteiger partial charge < -0.3 is 15.7 Å². The van der Waals surface area contributed by atoms with Crippen molar-refractivity contribution in [2.24, 2.45) is 0 Å². The minimum Gasteiger partial charge on any atom is -0.481 e. The van der Waals surface area contributed by atoms with E-state index in [-0.39, 0.29) is 31.6 Å². The van der Waals surface area contributed by atoms with Crippen molar-refractivity contribution >= 4 is 23.3 Å². The van der Waals surface area contributed by atoms with Gasteiger partial charge in [-0.1, -0.05) is 0 Å². The molecule has 3 N–H and O–H groups in total. The molecule has 0 heterocycles. The number of anilines is 1. The number of alkyl halides is 3. The van der Waals surface area contributed by atoms with Crippen molar-refractivity contribution < 1.29 is 32.8 Å². The molecule has 0 radical (unpaired) electrons. The average molecular weight is 349 g/mol. The van der Waals surface area contributed by atoms with Crippen LogP contribution in [0.4, 0.5) is 24.5 Å². The van der Waals surface area contributed by atoms with E-state index in [1.54, 1.807) is 0 Å². The number of carbonyl (C=O) groups excluding carboxylic acids is 1. The number of carboxylic acid groups (broad SMARTS) is 1. The maximum Gasteiger partial charge on any atom is 0.416 e. The fraction of sp³-hybridized carbons (Fsp3) is 0.385. The number of nitro groups is 1. The van der Waals surface area contributed by atoms with Crippen LogP contribution in [0.5, 0.6) is 0 Å². The molecular formula is C13H14F3N3O5. The van der Waals surface area contributed by atoms with Crippen LogP contribution in [0.1, 0.15) is 18.4 Å². The van der Waals surface area contributed by atoms with E-state index in [9.17, 15) is 32.9 Å². The van der Waals surface area contributed by atoms with Crippen molar-refractivity contribution in [2.75, 3.05) is 18.4 Å². The summed E-state index contributed by atoms with van der Waals surface area (Å²) in [6.45, 7) is -0.125. The largest absolute Gasteiger partial charge is 0.481 e. The van der Waals surface area contributed by atoms with Crippen LogP contribution in [-0.4, -0.2) is 35.0 Å². The lowest BCUT2D eigenvalue weighted by Gasteiger charge is -2.10. The molecule has 1 rings (SSSR count).